The topological polar surface area (TPSA) is 122 Å². The highest BCUT2D eigenvalue weighted by atomic mass is 19.1. The summed E-state index contributed by atoms with van der Waals surface area (Å²) in [5, 5.41) is 13.2. The molecule has 38 heavy (non-hydrogen) atoms. The first kappa shape index (κ1) is 23.9. The number of hydrogen-bond acceptors (Lipinski definition) is 6. The van der Waals surface area contributed by atoms with Crippen molar-refractivity contribution in [3.05, 3.63) is 83.2 Å². The van der Waals surface area contributed by atoms with Crippen LogP contribution in [0.25, 0.3) is 11.1 Å². The number of carbonyl (C=O) groups excluding carboxylic acids is 2. The number of benzene rings is 2. The summed E-state index contributed by atoms with van der Waals surface area (Å²) in [6.45, 7) is 3.93. The van der Waals surface area contributed by atoms with Crippen molar-refractivity contribution in [1.82, 2.24) is 20.6 Å². The Bertz CT molecular complexity index is 1520. The third-order valence-electron chi connectivity index (χ3n) is 7.57. The molecule has 1 aliphatic carbocycles. The Morgan fingerprint density at radius 2 is 1.89 bits per heavy atom. The van der Waals surface area contributed by atoms with E-state index in [1.165, 1.54) is 12.1 Å². The molecule has 4 aromatic rings. The van der Waals surface area contributed by atoms with E-state index < -0.39 is 29.6 Å². The summed E-state index contributed by atoms with van der Waals surface area (Å²) >= 11 is 0. The number of ether oxygens (including phenoxy) is 1. The van der Waals surface area contributed by atoms with Crippen molar-refractivity contribution in [2.24, 2.45) is 5.41 Å². The molecule has 2 aliphatic rings. The van der Waals surface area contributed by atoms with Gasteiger partial charge in [0, 0.05) is 46.1 Å². The van der Waals surface area contributed by atoms with Gasteiger partial charge in [-0.05, 0) is 61.7 Å². The Labute approximate surface area is 217 Å². The van der Waals surface area contributed by atoms with Gasteiger partial charge in [-0.3, -0.25) is 9.59 Å². The average molecular weight is 516 g/mol. The summed E-state index contributed by atoms with van der Waals surface area (Å²) in [5.41, 5.74) is 4.38. The molecule has 2 amide bonds. The van der Waals surface area contributed by atoms with Crippen LogP contribution < -0.4 is 15.4 Å². The van der Waals surface area contributed by atoms with Crippen LogP contribution in [0.5, 0.6) is 5.75 Å². The van der Waals surface area contributed by atoms with E-state index in [1.54, 1.807) is 13.0 Å². The highest BCUT2D eigenvalue weighted by molar-refractivity contribution is 6.01. The van der Waals surface area contributed by atoms with Gasteiger partial charge in [-0.1, -0.05) is 23.4 Å². The number of fused-ring (bicyclic) bond motifs is 1. The molecular weight excluding hydrogens is 489 g/mol. The van der Waals surface area contributed by atoms with Crippen molar-refractivity contribution in [1.29, 1.82) is 0 Å². The Hall–Kier alpha value is -4.47. The van der Waals surface area contributed by atoms with Gasteiger partial charge in [0.2, 0.25) is 5.91 Å². The van der Waals surface area contributed by atoms with Gasteiger partial charge in [0.1, 0.15) is 23.3 Å². The molecule has 0 radical (unpaired) electrons. The van der Waals surface area contributed by atoms with Crippen LogP contribution in [0.3, 0.4) is 0 Å². The third kappa shape index (κ3) is 4.21. The molecule has 3 N–H and O–H groups in total. The summed E-state index contributed by atoms with van der Waals surface area (Å²) in [6.07, 6.45) is 3.53. The first-order valence-electron chi connectivity index (χ1n) is 12.4. The van der Waals surface area contributed by atoms with Crippen molar-refractivity contribution in [3.8, 4) is 16.9 Å². The zero-order valence-corrected chi connectivity index (χ0v) is 20.9. The largest absolute Gasteiger partial charge is 0.493 e. The van der Waals surface area contributed by atoms with Crippen LogP contribution >= 0.6 is 0 Å². The maximum atomic E-state index is 14.0. The monoisotopic (exact) mass is 515 g/mol. The fourth-order valence-electron chi connectivity index (χ4n) is 5.35. The van der Waals surface area contributed by atoms with E-state index in [1.807, 2.05) is 43.5 Å². The smallest absolute Gasteiger partial charge is 0.276 e. The van der Waals surface area contributed by atoms with Crippen LogP contribution in [-0.2, 0) is 4.79 Å². The predicted molar refractivity (Wildman–Crippen MR) is 136 cm³/mol. The number of nitrogens with zero attached hydrogens (tertiary/aromatic N) is 2. The Kier molecular flexibility index (Phi) is 5.74. The van der Waals surface area contributed by atoms with Gasteiger partial charge < -0.3 is 20.4 Å². The summed E-state index contributed by atoms with van der Waals surface area (Å²) in [5.74, 6) is -1.45. The third-order valence-corrected chi connectivity index (χ3v) is 7.57. The Balaban J connectivity index is 1.33. The average Bonchev–Trinajstić information content (AvgIpc) is 3.31. The molecule has 2 aromatic heterocycles. The molecule has 10 heteroatoms. The Morgan fingerprint density at radius 1 is 1.11 bits per heavy atom. The minimum Gasteiger partial charge on any atom is -0.493 e. The molecular formula is C28H26FN5O4. The lowest BCUT2D eigenvalue weighted by molar-refractivity contribution is -0.119. The number of rotatable bonds is 6. The van der Waals surface area contributed by atoms with Gasteiger partial charge in [-0.25, -0.2) is 9.02 Å². The van der Waals surface area contributed by atoms with Gasteiger partial charge >= 0.3 is 0 Å². The molecule has 1 aliphatic heterocycles. The quantitative estimate of drug-likeness (QED) is 0.347. The maximum Gasteiger partial charge on any atom is 0.276 e. The number of H-pyrrole nitrogens is 1. The maximum absolute atomic E-state index is 14.0. The molecule has 6 rings (SSSR count). The number of aryl methyl sites for hydroxylation is 2. The van der Waals surface area contributed by atoms with Crippen molar-refractivity contribution < 1.29 is 23.3 Å². The molecule has 1 saturated carbocycles. The summed E-state index contributed by atoms with van der Waals surface area (Å²) < 4.78 is 24.6. The molecule has 2 aromatic carbocycles. The van der Waals surface area contributed by atoms with E-state index in [0.29, 0.717) is 29.3 Å². The Morgan fingerprint density at radius 3 is 2.55 bits per heavy atom. The van der Waals surface area contributed by atoms with Crippen LogP contribution in [0.1, 0.15) is 46.2 Å². The summed E-state index contributed by atoms with van der Waals surface area (Å²) in [6, 6.07) is 12.8. The molecule has 2 atom stereocenters. The van der Waals surface area contributed by atoms with Gasteiger partial charge in [0.05, 0.1) is 6.61 Å². The van der Waals surface area contributed by atoms with Crippen molar-refractivity contribution in [3.63, 3.8) is 0 Å². The van der Waals surface area contributed by atoms with E-state index in [2.05, 4.69) is 25.9 Å². The zero-order chi connectivity index (χ0) is 26.4. The molecule has 1 unspecified atom stereocenters. The van der Waals surface area contributed by atoms with Crippen molar-refractivity contribution in [2.45, 2.75) is 38.6 Å². The number of nitrogens with one attached hydrogen (secondary N) is 3. The lowest BCUT2D eigenvalue weighted by Crippen LogP contribution is -2.52. The first-order chi connectivity index (χ1) is 18.3. The number of anilines is 1. The van der Waals surface area contributed by atoms with E-state index >= 15 is 0 Å². The second kappa shape index (κ2) is 9.13. The molecule has 0 bridgehead atoms. The van der Waals surface area contributed by atoms with Crippen molar-refractivity contribution >= 4 is 17.5 Å². The number of aromatic amines is 1. The van der Waals surface area contributed by atoms with E-state index in [0.717, 1.165) is 29.7 Å². The van der Waals surface area contributed by atoms with Crippen LogP contribution in [0.15, 0.2) is 59.4 Å². The fraction of sp³-hybridized carbons (Fsp3) is 0.286. The number of hydrogen-bond donors (Lipinski definition) is 3. The molecule has 9 nitrogen and oxygen atoms in total. The fourth-order valence-corrected chi connectivity index (χ4v) is 5.35. The summed E-state index contributed by atoms with van der Waals surface area (Å²) in [7, 11) is 0. The molecule has 1 spiro atoms. The second-order valence-electron chi connectivity index (χ2n) is 10.0. The molecule has 194 valence electrons. The normalized spacial score (nSPS) is 17.8. The van der Waals surface area contributed by atoms with E-state index in [9.17, 15) is 14.0 Å². The van der Waals surface area contributed by atoms with E-state index in [-0.39, 0.29) is 11.1 Å². The first-order valence-corrected chi connectivity index (χ1v) is 12.4. The van der Waals surface area contributed by atoms with Crippen LogP contribution in [0, 0.1) is 25.1 Å². The van der Waals surface area contributed by atoms with Crippen LogP contribution in [0.4, 0.5) is 10.1 Å². The number of halogens is 1. The highest BCUT2D eigenvalue weighted by Gasteiger charge is 2.58. The minimum atomic E-state index is -0.985. The summed E-state index contributed by atoms with van der Waals surface area (Å²) in [4.78, 5) is 30.2. The number of aromatic nitrogens is 3. The second-order valence-corrected chi connectivity index (χ2v) is 10.0. The molecule has 1 fully saturated rings. The zero-order valence-electron chi connectivity index (χ0n) is 20.9. The van der Waals surface area contributed by atoms with Gasteiger partial charge in [0.15, 0.2) is 5.69 Å². The lowest BCUT2D eigenvalue weighted by Gasteiger charge is -2.38. The number of carbonyl (C=O) groups is 2. The van der Waals surface area contributed by atoms with Gasteiger partial charge in [-0.2, -0.15) is 0 Å². The highest BCUT2D eigenvalue weighted by Crippen LogP contribution is 2.61. The van der Waals surface area contributed by atoms with Gasteiger partial charge in [-0.15, -0.1) is 0 Å². The minimum absolute atomic E-state index is 0.00487. The van der Waals surface area contributed by atoms with Crippen molar-refractivity contribution in [2.75, 3.05) is 11.9 Å². The lowest BCUT2D eigenvalue weighted by atomic mass is 9.76. The van der Waals surface area contributed by atoms with Crippen LogP contribution in [0.2, 0.25) is 0 Å². The molecule has 0 saturated heterocycles. The van der Waals surface area contributed by atoms with Gasteiger partial charge in [0.25, 0.3) is 5.91 Å². The predicted octanol–water partition coefficient (Wildman–Crippen LogP) is 4.51. The van der Waals surface area contributed by atoms with Crippen LogP contribution in [-0.4, -0.2) is 39.8 Å². The standard InChI is InChI=1S/C28H26FN5O4/c1-15-20(9-12-30-15)17-3-6-19(7-4-17)31-27(36)25(32-26(35)24-16(2)33-38-34-24)23-21-8-5-18(29)13-22(21)37-14-28(23)10-11-28/h3-9,12-13,23,25,30H,10-11,14H2,1-2H3,(H,31,36)(H,32,35)/t23?,25-/m0/s1. The SMILES string of the molecule is Cc1nonc1C(=O)N[C@H](C(=O)Nc1ccc(-c2cc[nH]c2C)cc1)C1c2ccc(F)cc2OCC12CC2. The van der Waals surface area contributed by atoms with E-state index in [4.69, 9.17) is 9.37 Å². The number of amides is 2. The molecule has 3 heterocycles.